The number of piperidine rings is 1. The van der Waals surface area contributed by atoms with E-state index in [9.17, 15) is 30.3 Å². The van der Waals surface area contributed by atoms with Gasteiger partial charge >= 0.3 is 0 Å². The molecule has 1 aliphatic heterocycles. The van der Waals surface area contributed by atoms with Crippen LogP contribution >= 0.6 is 109 Å². The van der Waals surface area contributed by atoms with Crippen molar-refractivity contribution in [2.75, 3.05) is 19.7 Å². The number of aliphatic hydroxyl groups excluding tert-OH is 2. The highest BCUT2D eigenvalue weighted by molar-refractivity contribution is 9.09. The highest BCUT2D eigenvalue weighted by Crippen LogP contribution is 2.40. The Bertz CT molecular complexity index is 1870. The molecule has 6 N–H and O–H groups in total. The summed E-state index contributed by atoms with van der Waals surface area (Å²) in [5.74, 6) is 0.609. The highest BCUT2D eigenvalue weighted by atomic mass is 79.9. The lowest BCUT2D eigenvalue weighted by Crippen LogP contribution is -2.37. The van der Waals surface area contributed by atoms with Gasteiger partial charge in [0.2, 0.25) is 0 Å². The molecular formula is C40H44BrCl8NO7. The first kappa shape index (κ1) is 51.6. The fourth-order valence-corrected chi connectivity index (χ4v) is 7.33. The molecular weight excluding hydrogens is 970 g/mol. The van der Waals surface area contributed by atoms with Crippen LogP contribution in [-0.4, -0.2) is 61.5 Å². The summed E-state index contributed by atoms with van der Waals surface area (Å²) in [7, 11) is 0. The standard InChI is InChI=1S/C15H21Cl2NO2.C9H9BrCl2O.C9H10Cl2O2.C7H4Cl2O2/c1-2-14(18-5-3-10(9-19)4-6-18)11-7-12(16)13(17)8-15(11)20;1-2-6(10)5-3-7(11)8(12)4-9(5)13;1-2-8(12)5-3-6(10)7(11)4-9(5)13;8-5-1-4(3-10)7(11)2-6(5)9/h7-8,10,14,19-20H,2-6,9H2,1H3;3-4,6,13H,2H2,1H3;3-4,8,12-13H,2H2,1H3;1-3,11H. The van der Waals surface area contributed by atoms with Crippen molar-refractivity contribution in [3.05, 3.63) is 111 Å². The van der Waals surface area contributed by atoms with Crippen molar-refractivity contribution in [3.63, 3.8) is 0 Å². The van der Waals surface area contributed by atoms with E-state index in [1.807, 2.05) is 13.8 Å². The number of carbonyl (C=O) groups excluding carboxylic acids is 1. The summed E-state index contributed by atoms with van der Waals surface area (Å²) in [6, 6.07) is 11.9. The molecule has 0 bridgehead atoms. The third-order valence-corrected chi connectivity index (χ3v) is 13.0. The van der Waals surface area contributed by atoms with Gasteiger partial charge in [-0.25, -0.2) is 0 Å². The van der Waals surface area contributed by atoms with Crippen LogP contribution in [0.1, 0.15) is 96.9 Å². The molecule has 0 aliphatic carbocycles. The number of hydrogen-bond acceptors (Lipinski definition) is 8. The Morgan fingerprint density at radius 1 is 0.614 bits per heavy atom. The molecule has 1 aliphatic rings. The van der Waals surface area contributed by atoms with Gasteiger partial charge in [0.25, 0.3) is 0 Å². The number of phenols is 4. The first-order chi connectivity index (χ1) is 26.8. The molecule has 4 aromatic carbocycles. The number of aromatic hydroxyl groups is 4. The van der Waals surface area contributed by atoms with Gasteiger partial charge in [-0.1, -0.05) is 130 Å². The number of rotatable bonds is 9. The Balaban J connectivity index is 0.000000270. The first-order valence-electron chi connectivity index (χ1n) is 17.7. The summed E-state index contributed by atoms with van der Waals surface area (Å²) < 4.78 is 0. The zero-order valence-corrected chi connectivity index (χ0v) is 38.7. The summed E-state index contributed by atoms with van der Waals surface area (Å²) in [4.78, 5) is 12.7. The molecule has 3 unspecified atom stereocenters. The molecule has 0 aromatic heterocycles. The van der Waals surface area contributed by atoms with Gasteiger partial charge in [0, 0.05) is 58.4 Å². The SMILES string of the molecule is CCC(Br)c1cc(Cl)c(Cl)cc1O.CCC(O)c1cc(Cl)c(Cl)cc1O.CCC(c1cc(Cl)c(Cl)cc1O)N1CCC(CO)CC1.O=Cc1cc(Cl)c(Cl)cc1O. The molecule has 0 amide bonds. The van der Waals surface area contributed by atoms with Crippen LogP contribution in [0.3, 0.4) is 0 Å². The van der Waals surface area contributed by atoms with Gasteiger partial charge in [-0.05, 0) is 75.4 Å². The van der Waals surface area contributed by atoms with Crippen LogP contribution in [-0.2, 0) is 0 Å². The number of phenolic OH excluding ortho intramolecular Hbond substituents is 4. The van der Waals surface area contributed by atoms with Crippen LogP contribution < -0.4 is 0 Å². The van der Waals surface area contributed by atoms with E-state index < -0.39 is 6.10 Å². The minimum atomic E-state index is -0.699. The molecule has 5 rings (SSSR count). The van der Waals surface area contributed by atoms with Crippen LogP contribution in [0, 0.1) is 5.92 Å². The van der Waals surface area contributed by atoms with E-state index in [1.54, 1.807) is 12.1 Å². The molecule has 57 heavy (non-hydrogen) atoms. The second kappa shape index (κ2) is 25.3. The van der Waals surface area contributed by atoms with Gasteiger partial charge in [-0.2, -0.15) is 0 Å². The van der Waals surface area contributed by atoms with Crippen molar-refractivity contribution in [2.24, 2.45) is 5.92 Å². The summed E-state index contributed by atoms with van der Waals surface area (Å²) in [5, 5.41) is 59.6. The van der Waals surface area contributed by atoms with Crippen molar-refractivity contribution in [2.45, 2.75) is 69.8 Å². The number of halogens is 9. The minimum Gasteiger partial charge on any atom is -0.508 e. The monoisotopic (exact) mass is 1010 g/mol. The van der Waals surface area contributed by atoms with Crippen LogP contribution in [0.4, 0.5) is 0 Å². The lowest BCUT2D eigenvalue weighted by molar-refractivity contribution is 0.0971. The largest absolute Gasteiger partial charge is 0.508 e. The van der Waals surface area contributed by atoms with Crippen LogP contribution in [0.15, 0.2) is 48.5 Å². The van der Waals surface area contributed by atoms with Gasteiger partial charge in [0.05, 0.1) is 51.8 Å². The Morgan fingerprint density at radius 2 is 1.00 bits per heavy atom. The van der Waals surface area contributed by atoms with E-state index in [2.05, 4.69) is 27.8 Å². The second-order valence-electron chi connectivity index (χ2n) is 12.8. The molecule has 17 heteroatoms. The fourth-order valence-electron chi connectivity index (χ4n) is 5.65. The molecule has 1 heterocycles. The summed E-state index contributed by atoms with van der Waals surface area (Å²) in [6.07, 6.45) is 4.10. The van der Waals surface area contributed by atoms with E-state index in [1.165, 1.54) is 36.4 Å². The van der Waals surface area contributed by atoms with E-state index in [0.29, 0.717) is 49.3 Å². The molecule has 0 radical (unpaired) electrons. The summed E-state index contributed by atoms with van der Waals surface area (Å²) >= 11 is 49.5. The van der Waals surface area contributed by atoms with Crippen molar-refractivity contribution in [1.82, 2.24) is 4.90 Å². The fraction of sp³-hybridized carbons (Fsp3) is 0.375. The quantitative estimate of drug-likeness (QED) is 0.0719. The topological polar surface area (TPSA) is 142 Å². The molecule has 314 valence electrons. The van der Waals surface area contributed by atoms with E-state index >= 15 is 0 Å². The maximum atomic E-state index is 10.2. The second-order valence-corrected chi connectivity index (χ2v) is 17.2. The van der Waals surface area contributed by atoms with Gasteiger partial charge < -0.3 is 30.6 Å². The number of carbonyl (C=O) groups is 1. The molecule has 1 saturated heterocycles. The van der Waals surface area contributed by atoms with Crippen molar-refractivity contribution in [1.29, 1.82) is 0 Å². The number of aliphatic hydroxyl groups is 2. The van der Waals surface area contributed by atoms with Crippen LogP contribution in [0.25, 0.3) is 0 Å². The first-order valence-corrected chi connectivity index (χ1v) is 21.6. The van der Waals surface area contributed by atoms with Gasteiger partial charge in [-0.3, -0.25) is 9.69 Å². The Hall–Kier alpha value is -1.57. The maximum Gasteiger partial charge on any atom is 0.153 e. The number of hydrogen-bond donors (Lipinski definition) is 6. The zero-order valence-electron chi connectivity index (χ0n) is 31.1. The molecule has 8 nitrogen and oxygen atoms in total. The molecule has 3 atom stereocenters. The number of likely N-dealkylation sites (tertiary alicyclic amines) is 1. The predicted octanol–water partition coefficient (Wildman–Crippen LogP) is 14.1. The zero-order chi connectivity index (χ0) is 43.1. The third kappa shape index (κ3) is 15.4. The van der Waals surface area contributed by atoms with Crippen LogP contribution in [0.5, 0.6) is 23.0 Å². The lowest BCUT2D eigenvalue weighted by atomic mass is 9.93. The van der Waals surface area contributed by atoms with E-state index in [4.69, 9.17) is 97.9 Å². The molecule has 1 fully saturated rings. The van der Waals surface area contributed by atoms with Gasteiger partial charge in [0.1, 0.15) is 23.0 Å². The van der Waals surface area contributed by atoms with Crippen molar-refractivity contribution in [3.8, 4) is 23.0 Å². The van der Waals surface area contributed by atoms with Gasteiger partial charge in [-0.15, -0.1) is 0 Å². The smallest absolute Gasteiger partial charge is 0.153 e. The van der Waals surface area contributed by atoms with Crippen molar-refractivity contribution >= 4 is 115 Å². The summed E-state index contributed by atoms with van der Waals surface area (Å²) in [5.41, 5.74) is 2.16. The van der Waals surface area contributed by atoms with E-state index in [-0.39, 0.29) is 61.1 Å². The molecule has 0 spiro atoms. The average Bonchev–Trinajstić information content (AvgIpc) is 3.18. The third-order valence-electron chi connectivity index (χ3n) is 8.94. The summed E-state index contributed by atoms with van der Waals surface area (Å²) in [6.45, 7) is 8.06. The Labute approximate surface area is 381 Å². The highest BCUT2D eigenvalue weighted by Gasteiger charge is 2.27. The molecule has 4 aromatic rings. The average molecular weight is 1010 g/mol. The lowest BCUT2D eigenvalue weighted by Gasteiger charge is -2.37. The van der Waals surface area contributed by atoms with E-state index in [0.717, 1.165) is 49.9 Å². The normalized spacial score (nSPS) is 14.5. The minimum absolute atomic E-state index is 0.0243. The molecule has 0 saturated carbocycles. The van der Waals surface area contributed by atoms with Crippen molar-refractivity contribution < 1.29 is 35.4 Å². The maximum absolute atomic E-state index is 10.2. The van der Waals surface area contributed by atoms with Gasteiger partial charge in [0.15, 0.2) is 6.29 Å². The Morgan fingerprint density at radius 3 is 1.42 bits per heavy atom. The predicted molar refractivity (Wildman–Crippen MR) is 240 cm³/mol. The van der Waals surface area contributed by atoms with Crippen LogP contribution in [0.2, 0.25) is 40.2 Å². The number of aldehydes is 1. The number of benzene rings is 4. The number of alkyl halides is 1. The number of nitrogens with zero attached hydrogens (tertiary/aromatic N) is 1. The Kier molecular flexibility index (Phi) is 22.9.